The second-order valence-electron chi connectivity index (χ2n) is 4.36. The molecule has 1 fully saturated rings. The van der Waals surface area contributed by atoms with E-state index in [-0.39, 0.29) is 35.8 Å². The normalized spacial score (nSPS) is 14.7. The third kappa shape index (κ3) is 4.32. The fraction of sp³-hybridized carbons (Fsp3) is 0.214. The molecule has 0 atom stereocenters. The number of hydrogen-bond donors (Lipinski definition) is 2. The molecule has 0 radical (unpaired) electrons. The monoisotopic (exact) mass is 323 g/mol. The summed E-state index contributed by atoms with van der Waals surface area (Å²) in [5, 5.41) is 4.62. The van der Waals surface area contributed by atoms with Crippen molar-refractivity contribution in [2.24, 2.45) is 0 Å². The molecule has 0 aliphatic carbocycles. The van der Waals surface area contributed by atoms with Gasteiger partial charge in [0.2, 0.25) is 5.91 Å². The summed E-state index contributed by atoms with van der Waals surface area (Å²) in [4.78, 5) is 35.2. The van der Waals surface area contributed by atoms with Gasteiger partial charge in [-0.1, -0.05) is 30.0 Å². The van der Waals surface area contributed by atoms with Crippen molar-refractivity contribution in [3.05, 3.63) is 41.8 Å². The lowest BCUT2D eigenvalue weighted by atomic mass is 10.2. The molecule has 1 saturated heterocycles. The van der Waals surface area contributed by atoms with Gasteiger partial charge in [-0.2, -0.15) is 0 Å². The maximum atomic E-state index is 13.3. The van der Waals surface area contributed by atoms with E-state index in [1.165, 1.54) is 18.3 Å². The Morgan fingerprint density at radius 1 is 1.36 bits per heavy atom. The van der Waals surface area contributed by atoms with Gasteiger partial charge in [0.25, 0.3) is 5.24 Å². The Morgan fingerprint density at radius 3 is 2.82 bits per heavy atom. The SMILES string of the molecule is O=C(N/C=C/c1ccccc1F)NCCN1C(=O)CSC1=O. The van der Waals surface area contributed by atoms with Gasteiger partial charge in [-0.15, -0.1) is 0 Å². The van der Waals surface area contributed by atoms with Gasteiger partial charge in [0.15, 0.2) is 0 Å². The van der Waals surface area contributed by atoms with Crippen molar-refractivity contribution >= 4 is 35.0 Å². The van der Waals surface area contributed by atoms with Crippen molar-refractivity contribution in [2.45, 2.75) is 0 Å². The van der Waals surface area contributed by atoms with E-state index in [1.54, 1.807) is 18.2 Å². The first kappa shape index (κ1) is 16.0. The van der Waals surface area contributed by atoms with Gasteiger partial charge < -0.3 is 10.6 Å². The van der Waals surface area contributed by atoms with Gasteiger partial charge >= 0.3 is 6.03 Å². The van der Waals surface area contributed by atoms with Crippen molar-refractivity contribution in [3.8, 4) is 0 Å². The standard InChI is InChI=1S/C14H14FN3O3S/c15-11-4-2-1-3-10(11)5-6-16-13(20)17-7-8-18-12(19)9-22-14(18)21/h1-6H,7-9H2,(H2,16,17,20)/b6-5+. The number of nitrogens with zero attached hydrogens (tertiary/aromatic N) is 1. The molecular formula is C14H14FN3O3S. The van der Waals surface area contributed by atoms with E-state index in [0.717, 1.165) is 16.7 Å². The van der Waals surface area contributed by atoms with Crippen LogP contribution < -0.4 is 10.6 Å². The Balaban J connectivity index is 1.71. The first-order valence-corrected chi connectivity index (χ1v) is 7.49. The third-order valence-corrected chi connectivity index (χ3v) is 3.70. The predicted octanol–water partition coefficient (Wildman–Crippen LogP) is 1.79. The molecule has 0 unspecified atom stereocenters. The molecule has 2 N–H and O–H groups in total. The van der Waals surface area contributed by atoms with Crippen LogP contribution in [0.2, 0.25) is 0 Å². The Kier molecular flexibility index (Phi) is 5.54. The molecular weight excluding hydrogens is 309 g/mol. The Hall–Kier alpha value is -2.35. The van der Waals surface area contributed by atoms with Crippen LogP contribution in [0.1, 0.15) is 5.56 Å². The third-order valence-electron chi connectivity index (χ3n) is 2.84. The number of nitrogens with one attached hydrogen (secondary N) is 2. The van der Waals surface area contributed by atoms with Crippen LogP contribution in [0, 0.1) is 5.82 Å². The van der Waals surface area contributed by atoms with Gasteiger partial charge in [0, 0.05) is 24.9 Å². The summed E-state index contributed by atoms with van der Waals surface area (Å²) in [6.45, 7) is 0.284. The zero-order valence-electron chi connectivity index (χ0n) is 11.5. The molecule has 1 aromatic rings. The number of rotatable bonds is 5. The number of carbonyl (C=O) groups excluding carboxylic acids is 3. The molecule has 22 heavy (non-hydrogen) atoms. The summed E-state index contributed by atoms with van der Waals surface area (Å²) in [6.07, 6.45) is 2.74. The Morgan fingerprint density at radius 2 is 2.14 bits per heavy atom. The van der Waals surface area contributed by atoms with Crippen LogP contribution in [-0.4, -0.2) is 40.9 Å². The zero-order chi connectivity index (χ0) is 15.9. The predicted molar refractivity (Wildman–Crippen MR) is 81.5 cm³/mol. The van der Waals surface area contributed by atoms with E-state index in [2.05, 4.69) is 10.6 Å². The Labute approximate surface area is 130 Å². The Bertz CT molecular complexity index is 605. The van der Waals surface area contributed by atoms with E-state index in [9.17, 15) is 18.8 Å². The van der Waals surface area contributed by atoms with Gasteiger partial charge in [-0.3, -0.25) is 14.5 Å². The molecule has 0 spiro atoms. The van der Waals surface area contributed by atoms with Crippen molar-refractivity contribution in [3.63, 3.8) is 0 Å². The van der Waals surface area contributed by atoms with Crippen LogP contribution in [0.15, 0.2) is 30.5 Å². The van der Waals surface area contributed by atoms with Crippen LogP contribution in [0.3, 0.4) is 0 Å². The summed E-state index contributed by atoms with van der Waals surface area (Å²) in [5.41, 5.74) is 0.355. The number of hydrogen-bond acceptors (Lipinski definition) is 4. The molecule has 0 bridgehead atoms. The molecule has 4 amide bonds. The number of thioether (sulfide) groups is 1. The van der Waals surface area contributed by atoms with Crippen LogP contribution in [0.25, 0.3) is 6.08 Å². The van der Waals surface area contributed by atoms with Crippen LogP contribution >= 0.6 is 11.8 Å². The summed E-state index contributed by atoms with van der Waals surface area (Å²) >= 11 is 0.948. The lowest BCUT2D eigenvalue weighted by molar-refractivity contribution is -0.124. The van der Waals surface area contributed by atoms with E-state index < -0.39 is 6.03 Å². The van der Waals surface area contributed by atoms with Crippen LogP contribution in [-0.2, 0) is 4.79 Å². The van der Waals surface area contributed by atoms with E-state index in [0.29, 0.717) is 5.56 Å². The highest BCUT2D eigenvalue weighted by Crippen LogP contribution is 2.17. The molecule has 8 heteroatoms. The minimum absolute atomic E-state index is 0.134. The van der Waals surface area contributed by atoms with Gasteiger partial charge in [-0.25, -0.2) is 9.18 Å². The highest BCUT2D eigenvalue weighted by molar-refractivity contribution is 8.14. The van der Waals surface area contributed by atoms with Gasteiger partial charge in [-0.05, 0) is 12.1 Å². The number of urea groups is 1. The lowest BCUT2D eigenvalue weighted by Crippen LogP contribution is -2.40. The van der Waals surface area contributed by atoms with Crippen molar-refractivity contribution in [1.82, 2.24) is 15.5 Å². The zero-order valence-corrected chi connectivity index (χ0v) is 12.4. The minimum Gasteiger partial charge on any atom is -0.336 e. The summed E-state index contributed by atoms with van der Waals surface area (Å²) in [5.74, 6) is -0.489. The van der Waals surface area contributed by atoms with Crippen molar-refractivity contribution in [1.29, 1.82) is 0 Å². The molecule has 1 aromatic carbocycles. The quantitative estimate of drug-likeness (QED) is 0.866. The number of imide groups is 1. The second-order valence-corrected chi connectivity index (χ2v) is 5.28. The molecule has 2 rings (SSSR count). The van der Waals surface area contributed by atoms with Crippen LogP contribution in [0.4, 0.5) is 14.0 Å². The number of amides is 4. The molecule has 0 saturated carbocycles. The molecule has 1 aliphatic heterocycles. The first-order valence-electron chi connectivity index (χ1n) is 6.50. The maximum absolute atomic E-state index is 13.3. The van der Waals surface area contributed by atoms with E-state index in [4.69, 9.17) is 0 Å². The molecule has 116 valence electrons. The van der Waals surface area contributed by atoms with E-state index >= 15 is 0 Å². The molecule has 1 heterocycles. The highest BCUT2D eigenvalue weighted by atomic mass is 32.2. The lowest BCUT2D eigenvalue weighted by Gasteiger charge is -2.12. The maximum Gasteiger partial charge on any atom is 0.318 e. The second kappa shape index (κ2) is 7.60. The average molecular weight is 323 g/mol. The largest absolute Gasteiger partial charge is 0.336 e. The molecule has 0 aromatic heterocycles. The summed E-state index contributed by atoms with van der Waals surface area (Å²) in [6, 6.07) is 5.66. The van der Waals surface area contributed by atoms with E-state index in [1.807, 2.05) is 0 Å². The van der Waals surface area contributed by atoms with Gasteiger partial charge in [0.05, 0.1) is 5.75 Å². The fourth-order valence-corrected chi connectivity index (χ4v) is 2.50. The number of benzene rings is 1. The first-order chi connectivity index (χ1) is 10.6. The molecule has 6 nitrogen and oxygen atoms in total. The topological polar surface area (TPSA) is 78.5 Å². The highest BCUT2D eigenvalue weighted by Gasteiger charge is 2.29. The van der Waals surface area contributed by atoms with Crippen LogP contribution in [0.5, 0.6) is 0 Å². The number of halogens is 1. The summed E-state index contributed by atoms with van der Waals surface area (Å²) in [7, 11) is 0. The van der Waals surface area contributed by atoms with Crippen molar-refractivity contribution in [2.75, 3.05) is 18.8 Å². The summed E-state index contributed by atoms with van der Waals surface area (Å²) < 4.78 is 13.3. The average Bonchev–Trinajstić information content (AvgIpc) is 2.81. The number of carbonyl (C=O) groups is 3. The fourth-order valence-electron chi connectivity index (χ4n) is 1.75. The molecule has 1 aliphatic rings. The van der Waals surface area contributed by atoms with Gasteiger partial charge in [0.1, 0.15) is 5.82 Å². The van der Waals surface area contributed by atoms with Crippen molar-refractivity contribution < 1.29 is 18.8 Å². The smallest absolute Gasteiger partial charge is 0.318 e. The minimum atomic E-state index is -0.501.